The van der Waals surface area contributed by atoms with Crippen molar-refractivity contribution < 1.29 is 38.1 Å². The molecule has 0 saturated carbocycles. The average Bonchev–Trinajstić information content (AvgIpc) is 3.50. The van der Waals surface area contributed by atoms with Gasteiger partial charge in [0.1, 0.15) is 4.59 Å². The number of likely N-dealkylation sites (N-methyl/N-ethyl adjacent to an activating group) is 3. The molecule has 0 N–H and O–H groups in total. The van der Waals surface area contributed by atoms with E-state index in [9.17, 15) is 0 Å². The predicted molar refractivity (Wildman–Crippen MR) is 307 cm³/mol. The van der Waals surface area contributed by atoms with Crippen LogP contribution in [0, 0.1) is 0 Å². The molecule has 0 bridgehead atoms. The summed E-state index contributed by atoms with van der Waals surface area (Å²) >= 11 is 12.8. The molecule has 390 valence electrons. The molecule has 7 rings (SSSR count). The smallest absolute Gasteiger partial charge is 0.400 e. The van der Waals surface area contributed by atoms with Crippen molar-refractivity contribution >= 4 is 116 Å². The summed E-state index contributed by atoms with van der Waals surface area (Å²) in [5, 5.41) is 0.567. The fourth-order valence-corrected chi connectivity index (χ4v) is 6.67. The van der Waals surface area contributed by atoms with Crippen molar-refractivity contribution in [2.24, 2.45) is 0 Å². The van der Waals surface area contributed by atoms with Gasteiger partial charge >= 0.3 is 25.6 Å². The summed E-state index contributed by atoms with van der Waals surface area (Å²) in [6, 6.07) is 14.3. The lowest BCUT2D eigenvalue weighted by Crippen LogP contribution is -2.41. The first-order valence-electron chi connectivity index (χ1n) is 22.9. The van der Waals surface area contributed by atoms with Gasteiger partial charge in [0.05, 0.1) is 22.6 Å². The van der Waals surface area contributed by atoms with E-state index in [1.807, 2.05) is 36.7 Å². The van der Waals surface area contributed by atoms with Gasteiger partial charge in [-0.2, -0.15) is 28.8 Å². The Morgan fingerprint density at radius 1 is 0.577 bits per heavy atom. The zero-order valence-electron chi connectivity index (χ0n) is 43.9. The van der Waals surface area contributed by atoms with E-state index in [2.05, 4.69) is 231 Å². The Morgan fingerprint density at radius 3 is 1.30 bits per heavy atom. The zero-order valence-corrected chi connectivity index (χ0v) is 51.1. The Bertz CT molecular complexity index is 2190. The van der Waals surface area contributed by atoms with E-state index in [0.29, 0.717) is 4.59 Å². The molecule has 71 heavy (non-hydrogen) atoms. The van der Waals surface area contributed by atoms with Crippen LogP contribution in [0.25, 0.3) is 11.1 Å². The molecule has 4 aliphatic rings. The number of pyridine rings is 3. The van der Waals surface area contributed by atoms with Gasteiger partial charge in [-0.1, -0.05) is 145 Å². The summed E-state index contributed by atoms with van der Waals surface area (Å²) in [6.45, 7) is 30.2. The van der Waals surface area contributed by atoms with Gasteiger partial charge in [0.25, 0.3) is 0 Å². The summed E-state index contributed by atoms with van der Waals surface area (Å²) < 4.78 is 12.5. The Balaban J connectivity index is 0.000000851. The highest BCUT2D eigenvalue weighted by molar-refractivity contribution is 14.3. The third-order valence-corrected chi connectivity index (χ3v) is 11.6. The Morgan fingerprint density at radius 2 is 0.958 bits per heavy atom. The van der Waals surface area contributed by atoms with E-state index >= 15 is 0 Å². The van der Waals surface area contributed by atoms with Crippen molar-refractivity contribution in [2.45, 2.75) is 117 Å². The molecule has 3 aromatic rings. The molecule has 0 amide bonds. The van der Waals surface area contributed by atoms with Gasteiger partial charge in [0, 0.05) is 57.9 Å². The summed E-state index contributed by atoms with van der Waals surface area (Å²) in [5.74, 6) is 0. The van der Waals surface area contributed by atoms with Gasteiger partial charge in [-0.05, 0) is 150 Å². The van der Waals surface area contributed by atoms with E-state index in [0.717, 1.165) is 69.9 Å². The number of hydrogen-bond donors (Lipinski definition) is 0. The minimum Gasteiger partial charge on any atom is -0.400 e. The topological polar surface area (TPSA) is 169 Å². The first kappa shape index (κ1) is 68.2. The maximum absolute atomic E-state index is 8.12. The van der Waals surface area contributed by atoms with Gasteiger partial charge in [-0.15, -0.1) is 0 Å². The van der Waals surface area contributed by atoms with Crippen molar-refractivity contribution in [3.8, 4) is 0 Å². The summed E-state index contributed by atoms with van der Waals surface area (Å²) in [7, 11) is 6.30. The van der Waals surface area contributed by atoms with Crippen LogP contribution < -0.4 is 0 Å². The number of alkyl halides is 3. The second-order valence-electron chi connectivity index (χ2n) is 19.9. The molecule has 0 unspecified atom stereocenters. The van der Waals surface area contributed by atoms with Crippen LogP contribution in [0.15, 0.2) is 84.8 Å². The predicted octanol–water partition coefficient (Wildman–Crippen LogP) is 11.0. The number of rotatable bonds is 3. The molecule has 1 fully saturated rings. The molecule has 0 aromatic carbocycles. The normalized spacial score (nSPS) is 17.3. The second kappa shape index (κ2) is 33.9. The number of carbonyl (C=O) groups excluding carboxylic acids is 6. The SMILES string of the molecule is CC(C)(C)c1ccnc(Cl)c1.CC(I)(I)I.CN1CC=C(B2OC(C)(C)C(C)(C)O2)CC1.CN1CC=C(c2cc(C(C)(C)C)ccn2)CC1.CN1CC=C(c2ccccn2)CC1.O=C=O.O=C=O.O=C=O. The highest BCUT2D eigenvalue weighted by Crippen LogP contribution is 2.39. The Kier molecular flexibility index (Phi) is 32.5. The Labute approximate surface area is 469 Å². The summed E-state index contributed by atoms with van der Waals surface area (Å²) in [5.41, 5.74) is 8.88. The van der Waals surface area contributed by atoms with Crippen LogP contribution in [-0.2, 0) is 48.9 Å². The first-order chi connectivity index (χ1) is 32.9. The van der Waals surface area contributed by atoms with E-state index in [-0.39, 0.29) is 47.6 Å². The molecular weight excluding hydrogens is 1260 g/mol. The molecule has 7 heterocycles. The van der Waals surface area contributed by atoms with Crippen molar-refractivity contribution in [1.82, 2.24) is 29.7 Å². The maximum atomic E-state index is 8.12. The largest absolute Gasteiger partial charge is 0.490 e. The molecule has 0 radical (unpaired) electrons. The lowest BCUT2D eigenvalue weighted by molar-refractivity contribution is -0.193. The van der Waals surface area contributed by atoms with Crippen LogP contribution in [0.5, 0.6) is 0 Å². The molecule has 14 nitrogen and oxygen atoms in total. The van der Waals surface area contributed by atoms with Crippen LogP contribution in [0.1, 0.15) is 118 Å². The second-order valence-corrected chi connectivity index (χ2v) is 33.0. The summed E-state index contributed by atoms with van der Waals surface area (Å²) in [4.78, 5) is 68.5. The quantitative estimate of drug-likeness (QED) is 0.105. The zero-order chi connectivity index (χ0) is 54.6. The van der Waals surface area contributed by atoms with Gasteiger partial charge in [0.15, 0.2) is 0 Å². The molecule has 0 aliphatic carbocycles. The van der Waals surface area contributed by atoms with Crippen LogP contribution in [0.4, 0.5) is 0 Å². The average molecular weight is 1340 g/mol. The third kappa shape index (κ3) is 29.6. The molecule has 1 saturated heterocycles. The van der Waals surface area contributed by atoms with Crippen molar-refractivity contribution in [3.63, 3.8) is 0 Å². The van der Waals surface area contributed by atoms with Gasteiger partial charge < -0.3 is 24.0 Å². The standard InChI is InChI=1S/C15H22N2.C12H22BNO2.C11H14N2.C9H12ClN.C2H3I3.3CO2/c1-15(2,3)13-5-8-16-14(11-13)12-6-9-17(4)10-7-12;1-11(2)12(3,4)16-13(15-11)10-6-8-14(5)9-7-10;1-13-8-5-10(6-9-13)11-4-2-3-7-12-11;1-9(2,3)7-4-5-11-8(10)6-7;1-2(3,4)5;3*2-1-3/h5-6,8,11H,7,9-10H2,1-4H3;6H,7-9H2,1-5H3;2-5,7H,6,8-9H2,1H3;4-6H,1-3H3;1H3;;;. The third-order valence-electron chi connectivity index (χ3n) is 11.4. The molecule has 19 heteroatoms. The Hall–Kier alpha value is -2.85. The monoisotopic (exact) mass is 1340 g/mol. The molecular formula is C52H73BClI3N6O8. The molecule has 4 aliphatic heterocycles. The van der Waals surface area contributed by atoms with Gasteiger partial charge in [0.2, 0.25) is 0 Å². The van der Waals surface area contributed by atoms with Crippen molar-refractivity contribution in [3.05, 3.63) is 112 Å². The number of hydrogen-bond acceptors (Lipinski definition) is 14. The highest BCUT2D eigenvalue weighted by atomic mass is 127. The van der Waals surface area contributed by atoms with E-state index in [1.54, 1.807) is 6.20 Å². The maximum Gasteiger partial charge on any atom is 0.490 e. The first-order valence-corrected chi connectivity index (χ1v) is 26.5. The van der Waals surface area contributed by atoms with Crippen LogP contribution in [0.3, 0.4) is 0 Å². The van der Waals surface area contributed by atoms with Crippen LogP contribution in [0.2, 0.25) is 5.15 Å². The van der Waals surface area contributed by atoms with Crippen LogP contribution in [-0.4, -0.2) is 126 Å². The summed E-state index contributed by atoms with van der Waals surface area (Å²) in [6.07, 6.45) is 16.4. The number of aromatic nitrogens is 3. The highest BCUT2D eigenvalue weighted by Gasteiger charge is 2.52. The molecule has 0 spiro atoms. The fraction of sp³-hybridized carbons (Fsp3) is 0.538. The number of halogens is 4. The minimum atomic E-state index is -0.220. The van der Waals surface area contributed by atoms with E-state index in [1.165, 1.54) is 27.7 Å². The molecule has 3 aromatic heterocycles. The molecule has 0 atom stereocenters. The van der Waals surface area contributed by atoms with Gasteiger partial charge in [-0.3, -0.25) is 9.97 Å². The minimum absolute atomic E-state index is 0.140. The number of nitrogens with zero attached hydrogens (tertiary/aromatic N) is 6. The fourth-order valence-electron chi connectivity index (χ4n) is 6.50. The van der Waals surface area contributed by atoms with E-state index < -0.39 is 0 Å². The van der Waals surface area contributed by atoms with Crippen molar-refractivity contribution in [2.75, 3.05) is 60.4 Å². The van der Waals surface area contributed by atoms with Gasteiger partial charge in [-0.25, -0.2) is 4.98 Å². The lowest BCUT2D eigenvalue weighted by Gasteiger charge is -2.32. The van der Waals surface area contributed by atoms with Crippen molar-refractivity contribution in [1.29, 1.82) is 0 Å². The van der Waals surface area contributed by atoms with E-state index in [4.69, 9.17) is 49.7 Å². The van der Waals surface area contributed by atoms with Crippen LogP contribution >= 0.6 is 79.4 Å². The lowest BCUT2D eigenvalue weighted by atomic mass is 9.75.